The van der Waals surface area contributed by atoms with Crippen molar-refractivity contribution < 1.29 is 14.3 Å². The summed E-state index contributed by atoms with van der Waals surface area (Å²) in [6.07, 6.45) is 6.44. The molecule has 27 heavy (non-hydrogen) atoms. The maximum absolute atomic E-state index is 12.1. The lowest BCUT2D eigenvalue weighted by Gasteiger charge is -2.24. The second-order valence-electron chi connectivity index (χ2n) is 8.05. The molecule has 2 N–H and O–H groups in total. The molecule has 2 aliphatic heterocycles. The van der Waals surface area contributed by atoms with Crippen molar-refractivity contribution in [1.29, 1.82) is 0 Å². The van der Waals surface area contributed by atoms with Crippen LogP contribution in [-0.2, 0) is 14.3 Å². The molecule has 0 aromatic carbocycles. The van der Waals surface area contributed by atoms with Crippen LogP contribution in [0.2, 0.25) is 0 Å². The van der Waals surface area contributed by atoms with Gasteiger partial charge in [-0.2, -0.15) is 0 Å². The van der Waals surface area contributed by atoms with E-state index < -0.39 is 0 Å². The second kappa shape index (κ2) is 9.39. The largest absolute Gasteiger partial charge is 0.376 e. The van der Waals surface area contributed by atoms with E-state index in [0.717, 1.165) is 38.8 Å². The van der Waals surface area contributed by atoms with Crippen molar-refractivity contribution in [2.24, 2.45) is 10.9 Å². The SMILES string of the molecule is CN(C)C(=O)CN=C(NCC1CC(=O)N(C2CC2)C1)NCC1CCCCO1. The monoisotopic (exact) mass is 379 g/mol. The third kappa shape index (κ3) is 6.09. The molecule has 8 nitrogen and oxygen atoms in total. The van der Waals surface area contributed by atoms with Gasteiger partial charge in [0.1, 0.15) is 6.54 Å². The van der Waals surface area contributed by atoms with E-state index in [-0.39, 0.29) is 24.5 Å². The molecule has 0 aromatic rings. The molecule has 3 rings (SSSR count). The Labute approximate surface area is 161 Å². The van der Waals surface area contributed by atoms with Crippen LogP contribution >= 0.6 is 0 Å². The third-order valence-corrected chi connectivity index (χ3v) is 5.43. The molecule has 3 fully saturated rings. The number of carbonyl (C=O) groups excluding carboxylic acids is 2. The van der Waals surface area contributed by atoms with Gasteiger partial charge in [0.15, 0.2) is 5.96 Å². The molecule has 152 valence electrons. The number of nitrogens with one attached hydrogen (secondary N) is 2. The highest BCUT2D eigenvalue weighted by atomic mass is 16.5. The molecule has 8 heteroatoms. The predicted octanol–water partition coefficient (Wildman–Crippen LogP) is 0.190. The minimum Gasteiger partial charge on any atom is -0.376 e. The molecule has 2 amide bonds. The molecule has 2 unspecified atom stereocenters. The summed E-state index contributed by atoms with van der Waals surface area (Å²) >= 11 is 0. The first-order chi connectivity index (χ1) is 13.0. The minimum atomic E-state index is -0.0408. The highest BCUT2D eigenvalue weighted by Crippen LogP contribution is 2.32. The lowest BCUT2D eigenvalue weighted by atomic mass is 10.1. The Bertz CT molecular complexity index is 556. The van der Waals surface area contributed by atoms with Crippen LogP contribution in [0.25, 0.3) is 0 Å². The van der Waals surface area contributed by atoms with Gasteiger partial charge in [0.05, 0.1) is 6.10 Å². The van der Waals surface area contributed by atoms with E-state index in [4.69, 9.17) is 4.74 Å². The first-order valence-electron chi connectivity index (χ1n) is 10.2. The van der Waals surface area contributed by atoms with Gasteiger partial charge >= 0.3 is 0 Å². The van der Waals surface area contributed by atoms with Crippen molar-refractivity contribution in [2.75, 3.05) is 46.9 Å². The Kier molecular flexibility index (Phi) is 6.93. The van der Waals surface area contributed by atoms with Crippen LogP contribution in [0.15, 0.2) is 4.99 Å². The number of amides is 2. The number of rotatable bonds is 7. The van der Waals surface area contributed by atoms with Crippen molar-refractivity contribution >= 4 is 17.8 Å². The van der Waals surface area contributed by atoms with E-state index in [1.165, 1.54) is 11.3 Å². The van der Waals surface area contributed by atoms with E-state index in [2.05, 4.69) is 15.6 Å². The zero-order chi connectivity index (χ0) is 19.2. The average Bonchev–Trinajstić information content (AvgIpc) is 3.44. The van der Waals surface area contributed by atoms with Gasteiger partial charge in [0.2, 0.25) is 11.8 Å². The van der Waals surface area contributed by atoms with Gasteiger partial charge in [0, 0.05) is 58.7 Å². The second-order valence-corrected chi connectivity index (χ2v) is 8.05. The Hall–Kier alpha value is -1.83. The quantitative estimate of drug-likeness (QED) is 0.487. The first-order valence-corrected chi connectivity index (χ1v) is 10.2. The molecule has 1 saturated carbocycles. The number of nitrogens with zero attached hydrogens (tertiary/aromatic N) is 3. The summed E-state index contributed by atoms with van der Waals surface area (Å²) in [7, 11) is 3.45. The van der Waals surface area contributed by atoms with Crippen LogP contribution in [0.1, 0.15) is 38.5 Å². The van der Waals surface area contributed by atoms with Gasteiger partial charge < -0.3 is 25.2 Å². The summed E-state index contributed by atoms with van der Waals surface area (Å²) in [5.41, 5.74) is 0. The zero-order valence-corrected chi connectivity index (χ0v) is 16.6. The van der Waals surface area contributed by atoms with Crippen molar-refractivity contribution in [3.8, 4) is 0 Å². The third-order valence-electron chi connectivity index (χ3n) is 5.43. The van der Waals surface area contributed by atoms with Crippen molar-refractivity contribution in [2.45, 2.75) is 50.7 Å². The fourth-order valence-corrected chi connectivity index (χ4v) is 3.57. The molecule has 1 aliphatic carbocycles. The lowest BCUT2D eigenvalue weighted by molar-refractivity contribution is -0.128. The Morgan fingerprint density at radius 2 is 2.00 bits per heavy atom. The Morgan fingerprint density at radius 3 is 2.67 bits per heavy atom. The summed E-state index contributed by atoms with van der Waals surface area (Å²) in [4.78, 5) is 32.0. The number of likely N-dealkylation sites (N-methyl/N-ethyl adjacent to an activating group) is 1. The zero-order valence-electron chi connectivity index (χ0n) is 16.6. The van der Waals surface area contributed by atoms with Crippen molar-refractivity contribution in [1.82, 2.24) is 20.4 Å². The van der Waals surface area contributed by atoms with E-state index >= 15 is 0 Å². The molecule has 3 aliphatic rings. The summed E-state index contributed by atoms with van der Waals surface area (Å²) in [5, 5.41) is 6.64. The van der Waals surface area contributed by atoms with E-state index in [1.54, 1.807) is 14.1 Å². The fourth-order valence-electron chi connectivity index (χ4n) is 3.57. The summed E-state index contributed by atoms with van der Waals surface area (Å²) in [6.45, 7) is 3.10. The predicted molar refractivity (Wildman–Crippen MR) is 103 cm³/mol. The number of carbonyl (C=O) groups is 2. The first kappa shape index (κ1) is 19.9. The van der Waals surface area contributed by atoms with Crippen LogP contribution < -0.4 is 10.6 Å². The lowest BCUT2D eigenvalue weighted by Crippen LogP contribution is -2.44. The molecule has 0 radical (unpaired) electrons. The molecule has 2 saturated heterocycles. The number of hydrogen-bond acceptors (Lipinski definition) is 4. The standard InChI is InChI=1S/C19H33N5O3/c1-23(2)18(26)12-22-19(21-11-16-5-3-4-8-27-16)20-10-14-9-17(25)24(13-14)15-6-7-15/h14-16H,3-13H2,1-2H3,(H2,20,21,22). The normalized spacial score (nSPS) is 26.2. The van der Waals surface area contributed by atoms with Gasteiger partial charge in [-0.05, 0) is 32.1 Å². The van der Waals surface area contributed by atoms with Gasteiger partial charge in [-0.3, -0.25) is 9.59 Å². The number of hydrogen-bond donors (Lipinski definition) is 2. The Morgan fingerprint density at radius 1 is 1.22 bits per heavy atom. The summed E-state index contributed by atoms with van der Waals surface area (Å²) in [5.74, 6) is 1.15. The van der Waals surface area contributed by atoms with Crippen LogP contribution in [-0.4, -0.2) is 86.6 Å². The number of ether oxygens (including phenoxy) is 1. The molecule has 2 atom stereocenters. The number of aliphatic imine (C=N–C) groups is 1. The van der Waals surface area contributed by atoms with E-state index in [9.17, 15) is 9.59 Å². The van der Waals surface area contributed by atoms with Gasteiger partial charge in [-0.15, -0.1) is 0 Å². The van der Waals surface area contributed by atoms with Gasteiger partial charge in [-0.25, -0.2) is 4.99 Å². The maximum atomic E-state index is 12.1. The van der Waals surface area contributed by atoms with Crippen LogP contribution in [0.5, 0.6) is 0 Å². The molecule has 2 heterocycles. The molecule has 0 spiro atoms. The average molecular weight is 380 g/mol. The smallest absolute Gasteiger partial charge is 0.243 e. The minimum absolute atomic E-state index is 0.0408. The molecular weight excluding hydrogens is 346 g/mol. The number of likely N-dealkylation sites (tertiary alicyclic amines) is 1. The molecule has 0 aromatic heterocycles. The fraction of sp³-hybridized carbons (Fsp3) is 0.842. The van der Waals surface area contributed by atoms with Crippen LogP contribution in [0, 0.1) is 5.92 Å². The van der Waals surface area contributed by atoms with Crippen molar-refractivity contribution in [3.05, 3.63) is 0 Å². The van der Waals surface area contributed by atoms with Gasteiger partial charge in [0.25, 0.3) is 0 Å². The topological polar surface area (TPSA) is 86.3 Å². The van der Waals surface area contributed by atoms with Crippen LogP contribution in [0.3, 0.4) is 0 Å². The number of guanidine groups is 1. The van der Waals surface area contributed by atoms with E-state index in [1.807, 2.05) is 4.90 Å². The molecular formula is C19H33N5O3. The van der Waals surface area contributed by atoms with Crippen molar-refractivity contribution in [3.63, 3.8) is 0 Å². The van der Waals surface area contributed by atoms with Gasteiger partial charge in [-0.1, -0.05) is 0 Å². The van der Waals surface area contributed by atoms with E-state index in [0.29, 0.717) is 37.4 Å². The highest BCUT2D eigenvalue weighted by molar-refractivity contribution is 5.85. The Balaban J connectivity index is 1.49. The summed E-state index contributed by atoms with van der Waals surface area (Å²) in [6, 6.07) is 0.481. The highest BCUT2D eigenvalue weighted by Gasteiger charge is 2.39. The maximum Gasteiger partial charge on any atom is 0.243 e. The van der Waals surface area contributed by atoms with Crippen LogP contribution in [0.4, 0.5) is 0 Å². The summed E-state index contributed by atoms with van der Waals surface area (Å²) < 4.78 is 5.76. The molecule has 0 bridgehead atoms.